The second-order valence-electron chi connectivity index (χ2n) is 6.09. The predicted octanol–water partition coefficient (Wildman–Crippen LogP) is 3.79. The molecule has 17 heavy (non-hydrogen) atoms. The molecule has 3 rings (SSSR count). The molecule has 1 N–H and O–H groups in total. The molecule has 2 aliphatic rings. The number of aromatic nitrogens is 2. The van der Waals surface area contributed by atoms with Gasteiger partial charge in [0.15, 0.2) is 0 Å². The van der Waals surface area contributed by atoms with Gasteiger partial charge in [0.25, 0.3) is 0 Å². The van der Waals surface area contributed by atoms with Crippen molar-refractivity contribution in [2.75, 3.05) is 0 Å². The van der Waals surface area contributed by atoms with E-state index in [0.717, 1.165) is 18.7 Å². The van der Waals surface area contributed by atoms with Crippen LogP contribution in [0.3, 0.4) is 0 Å². The van der Waals surface area contributed by atoms with Crippen LogP contribution in [0, 0.1) is 12.3 Å². The Balaban J connectivity index is 2.24. The molecule has 0 fully saturated rings. The molecule has 0 unspecified atom stereocenters. The smallest absolute Gasteiger partial charge is 0.103 e. The summed E-state index contributed by atoms with van der Waals surface area (Å²) in [6.07, 6.45) is 5.80. The third kappa shape index (κ3) is 1.58. The molecule has 0 radical (unpaired) electrons. The first-order valence-electron chi connectivity index (χ1n) is 6.44. The number of nitrogens with zero attached hydrogens (tertiary/aromatic N) is 1. The molecule has 1 aromatic heterocycles. The summed E-state index contributed by atoms with van der Waals surface area (Å²) in [5.41, 5.74) is 7.31. The fraction of sp³-hybridized carbons (Fsp3) is 0.533. The van der Waals surface area contributed by atoms with Crippen LogP contribution < -0.4 is 0 Å². The van der Waals surface area contributed by atoms with Gasteiger partial charge < -0.3 is 4.98 Å². The third-order valence-electron chi connectivity index (χ3n) is 4.02. The van der Waals surface area contributed by atoms with Crippen molar-refractivity contribution < 1.29 is 0 Å². The van der Waals surface area contributed by atoms with Crippen LogP contribution in [0.2, 0.25) is 0 Å². The van der Waals surface area contributed by atoms with Crippen LogP contribution in [0.1, 0.15) is 50.8 Å². The summed E-state index contributed by atoms with van der Waals surface area (Å²) in [7, 11) is 0. The molecule has 0 aromatic carbocycles. The van der Waals surface area contributed by atoms with E-state index in [1.807, 2.05) is 0 Å². The zero-order valence-corrected chi connectivity index (χ0v) is 11.1. The normalized spacial score (nSPS) is 22.0. The first-order chi connectivity index (χ1) is 7.97. The minimum atomic E-state index is 0.239. The van der Waals surface area contributed by atoms with Gasteiger partial charge in [0, 0.05) is 5.69 Å². The van der Waals surface area contributed by atoms with Gasteiger partial charge in [-0.15, -0.1) is 0 Å². The summed E-state index contributed by atoms with van der Waals surface area (Å²) in [5.74, 6) is 1.05. The number of nitrogens with one attached hydrogen (secondary N) is 1. The zero-order valence-electron chi connectivity index (χ0n) is 11.1. The van der Waals surface area contributed by atoms with Crippen LogP contribution in [0.15, 0.2) is 17.2 Å². The van der Waals surface area contributed by atoms with E-state index in [1.165, 1.54) is 34.5 Å². The van der Waals surface area contributed by atoms with Crippen LogP contribution in [0.5, 0.6) is 0 Å². The Morgan fingerprint density at radius 1 is 1.24 bits per heavy atom. The van der Waals surface area contributed by atoms with Crippen molar-refractivity contribution in [3.63, 3.8) is 0 Å². The molecule has 0 amide bonds. The molecule has 0 saturated heterocycles. The van der Waals surface area contributed by atoms with Gasteiger partial charge in [0.2, 0.25) is 0 Å². The molecule has 0 bridgehead atoms. The number of hydrogen-bond donors (Lipinski definition) is 1. The Kier molecular flexibility index (Phi) is 2.13. The van der Waals surface area contributed by atoms with Crippen molar-refractivity contribution in [2.45, 2.75) is 47.0 Å². The fourth-order valence-electron chi connectivity index (χ4n) is 3.17. The number of allylic oxidation sites excluding steroid dienone is 4. The Morgan fingerprint density at radius 3 is 2.76 bits per heavy atom. The molecule has 0 saturated carbocycles. The van der Waals surface area contributed by atoms with Crippen LogP contribution in [0.4, 0.5) is 0 Å². The molecule has 2 aliphatic carbocycles. The van der Waals surface area contributed by atoms with E-state index in [1.54, 1.807) is 0 Å². The number of imidazole rings is 1. The standard InChI is InChI=1S/C15H20N2/c1-9-5-6-11-12(7-9)15(3,4)8-13-14(11)17-10(2)16-13/h7H,5-6,8H2,1-4H3,(H,16,17). The maximum atomic E-state index is 4.68. The maximum Gasteiger partial charge on any atom is 0.103 e. The van der Waals surface area contributed by atoms with Gasteiger partial charge in [-0.05, 0) is 49.7 Å². The van der Waals surface area contributed by atoms with Gasteiger partial charge in [0.1, 0.15) is 5.82 Å². The minimum absolute atomic E-state index is 0.239. The van der Waals surface area contributed by atoms with Gasteiger partial charge in [-0.1, -0.05) is 25.5 Å². The number of fused-ring (bicyclic) bond motifs is 2. The molecular formula is C15H20N2. The van der Waals surface area contributed by atoms with Gasteiger partial charge >= 0.3 is 0 Å². The van der Waals surface area contributed by atoms with E-state index < -0.39 is 0 Å². The van der Waals surface area contributed by atoms with Crippen LogP contribution >= 0.6 is 0 Å². The topological polar surface area (TPSA) is 28.7 Å². The summed E-state index contributed by atoms with van der Waals surface area (Å²) >= 11 is 0. The molecule has 2 nitrogen and oxygen atoms in total. The lowest BCUT2D eigenvalue weighted by molar-refractivity contribution is 0.439. The summed E-state index contributed by atoms with van der Waals surface area (Å²) in [4.78, 5) is 8.11. The molecule has 0 aliphatic heterocycles. The maximum absolute atomic E-state index is 4.68. The average molecular weight is 228 g/mol. The molecule has 0 atom stereocenters. The van der Waals surface area contributed by atoms with E-state index in [-0.39, 0.29) is 5.41 Å². The van der Waals surface area contributed by atoms with Crippen LogP contribution in [-0.4, -0.2) is 9.97 Å². The molecular weight excluding hydrogens is 208 g/mol. The SMILES string of the molecule is CC1=CC2=C(CC1)c1nc(C)[nH]c1CC2(C)C. The monoisotopic (exact) mass is 228 g/mol. The Labute approximate surface area is 103 Å². The van der Waals surface area contributed by atoms with Gasteiger partial charge in [-0.25, -0.2) is 4.98 Å². The lowest BCUT2D eigenvalue weighted by atomic mass is 9.69. The van der Waals surface area contributed by atoms with E-state index in [0.29, 0.717) is 0 Å². The summed E-state index contributed by atoms with van der Waals surface area (Å²) in [5, 5.41) is 0. The van der Waals surface area contributed by atoms with Crippen molar-refractivity contribution in [2.24, 2.45) is 5.41 Å². The largest absolute Gasteiger partial charge is 0.346 e. The highest BCUT2D eigenvalue weighted by Gasteiger charge is 2.35. The molecule has 90 valence electrons. The zero-order chi connectivity index (χ0) is 12.2. The Morgan fingerprint density at radius 2 is 2.00 bits per heavy atom. The fourth-order valence-corrected chi connectivity index (χ4v) is 3.17. The summed E-state index contributed by atoms with van der Waals surface area (Å²) < 4.78 is 0. The first kappa shape index (κ1) is 10.8. The van der Waals surface area contributed by atoms with Crippen molar-refractivity contribution in [1.29, 1.82) is 0 Å². The third-order valence-corrected chi connectivity index (χ3v) is 4.02. The van der Waals surface area contributed by atoms with Crippen molar-refractivity contribution in [1.82, 2.24) is 9.97 Å². The second-order valence-corrected chi connectivity index (χ2v) is 6.09. The Hall–Kier alpha value is -1.31. The van der Waals surface area contributed by atoms with E-state index in [9.17, 15) is 0 Å². The van der Waals surface area contributed by atoms with Gasteiger partial charge in [-0.3, -0.25) is 0 Å². The highest BCUT2D eigenvalue weighted by molar-refractivity contribution is 5.75. The minimum Gasteiger partial charge on any atom is -0.346 e. The highest BCUT2D eigenvalue weighted by atomic mass is 14.9. The summed E-state index contributed by atoms with van der Waals surface area (Å²) in [6.45, 7) is 8.98. The number of aryl methyl sites for hydroxylation is 1. The summed E-state index contributed by atoms with van der Waals surface area (Å²) in [6, 6.07) is 0. The quantitative estimate of drug-likeness (QED) is 0.719. The lowest BCUT2D eigenvalue weighted by Crippen LogP contribution is -2.25. The van der Waals surface area contributed by atoms with Crippen LogP contribution in [-0.2, 0) is 6.42 Å². The number of rotatable bonds is 0. The average Bonchev–Trinajstić information content (AvgIpc) is 2.58. The molecule has 1 heterocycles. The number of H-pyrrole nitrogens is 1. The van der Waals surface area contributed by atoms with E-state index in [4.69, 9.17) is 0 Å². The van der Waals surface area contributed by atoms with Crippen molar-refractivity contribution in [3.8, 4) is 0 Å². The predicted molar refractivity (Wildman–Crippen MR) is 70.7 cm³/mol. The van der Waals surface area contributed by atoms with E-state index >= 15 is 0 Å². The second kappa shape index (κ2) is 3.34. The van der Waals surface area contributed by atoms with Crippen molar-refractivity contribution in [3.05, 3.63) is 34.4 Å². The van der Waals surface area contributed by atoms with Crippen molar-refractivity contribution >= 4 is 5.57 Å². The Bertz CT molecular complexity index is 541. The molecule has 1 aromatic rings. The first-order valence-corrected chi connectivity index (χ1v) is 6.44. The van der Waals surface area contributed by atoms with Gasteiger partial charge in [0.05, 0.1) is 5.69 Å². The lowest BCUT2D eigenvalue weighted by Gasteiger charge is -2.35. The number of hydrogen-bond acceptors (Lipinski definition) is 1. The van der Waals surface area contributed by atoms with E-state index in [2.05, 4.69) is 43.7 Å². The van der Waals surface area contributed by atoms with Gasteiger partial charge in [-0.2, -0.15) is 0 Å². The molecule has 0 spiro atoms. The molecule has 2 heteroatoms. The van der Waals surface area contributed by atoms with Crippen LogP contribution in [0.25, 0.3) is 5.57 Å². The highest BCUT2D eigenvalue weighted by Crippen LogP contribution is 2.46. The number of aromatic amines is 1.